The van der Waals surface area contributed by atoms with Crippen LogP contribution >= 0.6 is 11.6 Å². The average Bonchev–Trinajstić information content (AvgIpc) is 2.85. The van der Waals surface area contributed by atoms with Crippen LogP contribution in [0.15, 0.2) is 47.7 Å². The van der Waals surface area contributed by atoms with Crippen molar-refractivity contribution in [3.05, 3.63) is 69.5 Å². The minimum Gasteiger partial charge on any atom is -0.478 e. The largest absolute Gasteiger partial charge is 0.478 e. The van der Waals surface area contributed by atoms with Gasteiger partial charge in [-0.2, -0.15) is 0 Å². The summed E-state index contributed by atoms with van der Waals surface area (Å²) in [5, 5.41) is 9.47. The molecule has 21 heavy (non-hydrogen) atoms. The van der Waals surface area contributed by atoms with Gasteiger partial charge in [0.25, 0.3) is 5.56 Å². The molecule has 0 amide bonds. The molecule has 0 fully saturated rings. The fraction of sp³-hybridized carbons (Fsp3) is 0.0714. The van der Waals surface area contributed by atoms with E-state index in [1.54, 1.807) is 28.9 Å². The second-order valence-electron chi connectivity index (χ2n) is 4.51. The number of aromatic carboxylic acids is 1. The maximum absolute atomic E-state index is 11.8. The normalized spacial score (nSPS) is 10.9. The molecular weight excluding hydrogens is 294 g/mol. The van der Waals surface area contributed by atoms with Crippen molar-refractivity contribution < 1.29 is 9.90 Å². The molecule has 106 valence electrons. The van der Waals surface area contributed by atoms with Crippen LogP contribution in [0.1, 0.15) is 16.1 Å². The molecule has 6 nitrogen and oxygen atoms in total. The van der Waals surface area contributed by atoms with Gasteiger partial charge >= 0.3 is 5.97 Å². The third-order valence-corrected chi connectivity index (χ3v) is 3.34. The SMILES string of the molecule is O=C(O)c1ccc(=O)n(Cc2cn3cccc(Cl)c3n2)c1. The minimum absolute atomic E-state index is 0.0522. The maximum atomic E-state index is 11.8. The van der Waals surface area contributed by atoms with Crippen molar-refractivity contribution in [2.24, 2.45) is 0 Å². The second-order valence-corrected chi connectivity index (χ2v) is 4.92. The molecular formula is C14H10ClN3O3. The van der Waals surface area contributed by atoms with Crippen LogP contribution in [-0.4, -0.2) is 25.0 Å². The Morgan fingerprint density at radius 3 is 2.81 bits per heavy atom. The Hall–Kier alpha value is -2.60. The van der Waals surface area contributed by atoms with Gasteiger partial charge < -0.3 is 14.1 Å². The first-order valence-corrected chi connectivity index (χ1v) is 6.48. The van der Waals surface area contributed by atoms with E-state index in [2.05, 4.69) is 4.98 Å². The first-order valence-electron chi connectivity index (χ1n) is 6.10. The van der Waals surface area contributed by atoms with Gasteiger partial charge in [0.1, 0.15) is 0 Å². The summed E-state index contributed by atoms with van der Waals surface area (Å²) in [4.78, 5) is 27.1. The second kappa shape index (κ2) is 5.06. The first kappa shape index (κ1) is 13.4. The van der Waals surface area contributed by atoms with E-state index in [9.17, 15) is 9.59 Å². The molecule has 3 rings (SSSR count). The molecule has 0 unspecified atom stereocenters. The highest BCUT2D eigenvalue weighted by Crippen LogP contribution is 2.16. The van der Waals surface area contributed by atoms with E-state index in [-0.39, 0.29) is 17.7 Å². The molecule has 0 aromatic carbocycles. The molecule has 0 spiro atoms. The number of carboxylic acids is 1. The lowest BCUT2D eigenvalue weighted by Gasteiger charge is -2.03. The molecule has 1 N–H and O–H groups in total. The van der Waals surface area contributed by atoms with Gasteiger partial charge in [0.15, 0.2) is 5.65 Å². The molecule has 0 aliphatic carbocycles. The summed E-state index contributed by atoms with van der Waals surface area (Å²) in [6.07, 6.45) is 4.85. The third kappa shape index (κ3) is 2.53. The summed E-state index contributed by atoms with van der Waals surface area (Å²) in [7, 11) is 0. The van der Waals surface area contributed by atoms with Gasteiger partial charge in [0.2, 0.25) is 0 Å². The predicted octanol–water partition coefficient (Wildman–Crippen LogP) is 1.90. The summed E-state index contributed by atoms with van der Waals surface area (Å²) >= 11 is 6.04. The highest BCUT2D eigenvalue weighted by atomic mass is 35.5. The van der Waals surface area contributed by atoms with Crippen LogP contribution in [0.4, 0.5) is 0 Å². The number of carbonyl (C=O) groups is 1. The number of halogens is 1. The number of aromatic nitrogens is 3. The number of pyridine rings is 2. The minimum atomic E-state index is -1.08. The predicted molar refractivity (Wildman–Crippen MR) is 77.0 cm³/mol. The number of hydrogen-bond donors (Lipinski definition) is 1. The smallest absolute Gasteiger partial charge is 0.337 e. The fourth-order valence-electron chi connectivity index (χ4n) is 2.06. The van der Waals surface area contributed by atoms with Gasteiger partial charge in [-0.3, -0.25) is 4.79 Å². The van der Waals surface area contributed by atoms with E-state index in [0.29, 0.717) is 16.4 Å². The Balaban J connectivity index is 2.02. The number of nitrogens with zero attached hydrogens (tertiary/aromatic N) is 3. The van der Waals surface area contributed by atoms with Gasteiger partial charge in [-0.1, -0.05) is 11.6 Å². The van der Waals surface area contributed by atoms with Crippen LogP contribution in [0.3, 0.4) is 0 Å². The summed E-state index contributed by atoms with van der Waals surface area (Å²) in [6.45, 7) is 0.179. The lowest BCUT2D eigenvalue weighted by Crippen LogP contribution is -2.20. The van der Waals surface area contributed by atoms with Crippen LogP contribution in [-0.2, 0) is 6.54 Å². The molecule has 0 aliphatic rings. The van der Waals surface area contributed by atoms with Crippen LogP contribution in [0.5, 0.6) is 0 Å². The fourth-order valence-corrected chi connectivity index (χ4v) is 2.27. The number of carboxylic acid groups (broad SMARTS) is 1. The Morgan fingerprint density at radius 1 is 1.29 bits per heavy atom. The van der Waals surface area contributed by atoms with E-state index in [4.69, 9.17) is 16.7 Å². The summed E-state index contributed by atoms with van der Waals surface area (Å²) in [5.41, 5.74) is 0.976. The number of fused-ring (bicyclic) bond motifs is 1. The Morgan fingerprint density at radius 2 is 2.10 bits per heavy atom. The van der Waals surface area contributed by atoms with Crippen molar-refractivity contribution in [3.63, 3.8) is 0 Å². The molecule has 3 heterocycles. The Kier molecular flexibility index (Phi) is 3.23. The zero-order chi connectivity index (χ0) is 15.0. The zero-order valence-corrected chi connectivity index (χ0v) is 11.5. The van der Waals surface area contributed by atoms with Gasteiger partial charge in [-0.25, -0.2) is 9.78 Å². The van der Waals surface area contributed by atoms with Gasteiger partial charge in [-0.05, 0) is 18.2 Å². The molecule has 3 aromatic rings. The molecule has 3 aromatic heterocycles. The van der Waals surface area contributed by atoms with Gasteiger partial charge in [-0.15, -0.1) is 0 Å². The Bertz CT molecular complexity index is 898. The topological polar surface area (TPSA) is 76.6 Å². The molecule has 7 heteroatoms. The highest BCUT2D eigenvalue weighted by molar-refractivity contribution is 6.33. The number of hydrogen-bond acceptors (Lipinski definition) is 3. The van der Waals surface area contributed by atoms with Crippen molar-refractivity contribution in [2.45, 2.75) is 6.54 Å². The van der Waals surface area contributed by atoms with Crippen molar-refractivity contribution in [1.82, 2.24) is 14.0 Å². The Labute approximate surface area is 123 Å². The van der Waals surface area contributed by atoms with Crippen molar-refractivity contribution in [2.75, 3.05) is 0 Å². The lowest BCUT2D eigenvalue weighted by molar-refractivity contribution is 0.0696. The number of rotatable bonds is 3. The number of imidazole rings is 1. The molecule has 0 radical (unpaired) electrons. The van der Waals surface area contributed by atoms with E-state index < -0.39 is 5.97 Å². The van der Waals surface area contributed by atoms with Crippen molar-refractivity contribution in [1.29, 1.82) is 0 Å². The van der Waals surface area contributed by atoms with Crippen molar-refractivity contribution >= 4 is 23.2 Å². The summed E-state index contributed by atoms with van der Waals surface area (Å²) in [6, 6.07) is 6.02. The van der Waals surface area contributed by atoms with Gasteiger partial charge in [0, 0.05) is 24.7 Å². The van der Waals surface area contributed by atoms with E-state index in [0.717, 1.165) is 0 Å². The molecule has 0 bridgehead atoms. The van der Waals surface area contributed by atoms with Crippen LogP contribution in [0.2, 0.25) is 5.02 Å². The monoisotopic (exact) mass is 303 g/mol. The van der Waals surface area contributed by atoms with E-state index in [1.807, 2.05) is 0 Å². The standard InChI is InChI=1S/C14H10ClN3O3/c15-11-2-1-5-17-7-10(16-13(11)17)8-18-6-9(14(20)21)3-4-12(18)19/h1-7H,8H2,(H,20,21). The van der Waals surface area contributed by atoms with Crippen LogP contribution < -0.4 is 5.56 Å². The third-order valence-electron chi connectivity index (χ3n) is 3.05. The maximum Gasteiger partial charge on any atom is 0.337 e. The quantitative estimate of drug-likeness (QED) is 0.801. The molecule has 0 atom stereocenters. The van der Waals surface area contributed by atoms with Gasteiger partial charge in [0.05, 0.1) is 22.8 Å². The molecule has 0 saturated heterocycles. The van der Waals surface area contributed by atoms with Crippen molar-refractivity contribution in [3.8, 4) is 0 Å². The summed E-state index contributed by atoms with van der Waals surface area (Å²) in [5.74, 6) is -1.08. The van der Waals surface area contributed by atoms with E-state index in [1.165, 1.54) is 22.9 Å². The van der Waals surface area contributed by atoms with Crippen LogP contribution in [0, 0.1) is 0 Å². The zero-order valence-electron chi connectivity index (χ0n) is 10.7. The highest BCUT2D eigenvalue weighted by Gasteiger charge is 2.09. The molecule has 0 aliphatic heterocycles. The van der Waals surface area contributed by atoms with E-state index >= 15 is 0 Å². The van der Waals surface area contributed by atoms with Crippen LogP contribution in [0.25, 0.3) is 5.65 Å². The summed E-state index contributed by atoms with van der Waals surface area (Å²) < 4.78 is 3.06. The first-order chi connectivity index (χ1) is 10.0. The molecule has 0 saturated carbocycles. The lowest BCUT2D eigenvalue weighted by atomic mass is 10.3. The average molecular weight is 304 g/mol.